The summed E-state index contributed by atoms with van der Waals surface area (Å²) in [5.74, 6) is 1.45. The predicted octanol–water partition coefficient (Wildman–Crippen LogP) is 4.24. The molecule has 0 aliphatic heterocycles. The summed E-state index contributed by atoms with van der Waals surface area (Å²) in [6.07, 6.45) is 0. The van der Waals surface area contributed by atoms with Gasteiger partial charge in [0.25, 0.3) is 0 Å². The molecule has 0 aliphatic carbocycles. The number of alkyl halides is 1. The van der Waals surface area contributed by atoms with Crippen LogP contribution in [0.25, 0.3) is 0 Å². The molecule has 0 fully saturated rings. The van der Waals surface area contributed by atoms with E-state index in [9.17, 15) is 0 Å². The molecule has 0 atom stereocenters. The molecule has 0 saturated carbocycles. The summed E-state index contributed by atoms with van der Waals surface area (Å²) >= 11 is 7.69. The maximum absolute atomic E-state index is 5.96. The van der Waals surface area contributed by atoms with Crippen LogP contribution in [0.4, 0.5) is 0 Å². The van der Waals surface area contributed by atoms with Gasteiger partial charge in [-0.2, -0.15) is 0 Å². The van der Waals surface area contributed by atoms with Gasteiger partial charge in [-0.1, -0.05) is 17.8 Å². The highest BCUT2D eigenvalue weighted by molar-refractivity contribution is 7.99. The number of imidazole rings is 1. The van der Waals surface area contributed by atoms with Crippen molar-refractivity contribution in [2.24, 2.45) is 7.05 Å². The van der Waals surface area contributed by atoms with Crippen molar-refractivity contribution in [1.29, 1.82) is 0 Å². The Morgan fingerprint density at radius 2 is 1.78 bits per heavy atom. The second-order valence-corrected chi connectivity index (χ2v) is 5.86. The van der Waals surface area contributed by atoms with Crippen molar-refractivity contribution in [2.45, 2.75) is 36.6 Å². The van der Waals surface area contributed by atoms with Crippen molar-refractivity contribution in [1.82, 2.24) is 9.55 Å². The summed E-state index contributed by atoms with van der Waals surface area (Å²) < 4.78 is 2.10. The number of aryl methyl sites for hydroxylation is 3. The third-order valence-electron chi connectivity index (χ3n) is 2.87. The standard InChI is InChI=1S/C14H17ClN2S/c1-9-5-10(2)7-12(6-9)18-14-13(8-15)16-11(3)17(14)4/h5-7H,8H2,1-4H3. The molecule has 2 aromatic rings. The van der Waals surface area contributed by atoms with Crippen LogP contribution in [-0.2, 0) is 12.9 Å². The molecule has 0 aliphatic rings. The van der Waals surface area contributed by atoms with Gasteiger partial charge in [0.1, 0.15) is 10.9 Å². The van der Waals surface area contributed by atoms with Crippen molar-refractivity contribution in [2.75, 3.05) is 0 Å². The van der Waals surface area contributed by atoms with Crippen molar-refractivity contribution < 1.29 is 0 Å². The molecule has 0 radical (unpaired) electrons. The molecule has 1 aromatic carbocycles. The number of rotatable bonds is 3. The molecule has 2 nitrogen and oxygen atoms in total. The van der Waals surface area contributed by atoms with Crippen LogP contribution in [0, 0.1) is 20.8 Å². The highest BCUT2D eigenvalue weighted by Gasteiger charge is 2.13. The SMILES string of the molecule is Cc1cc(C)cc(Sc2c(CCl)nc(C)n2C)c1. The zero-order valence-corrected chi connectivity index (χ0v) is 12.7. The molecule has 0 spiro atoms. The largest absolute Gasteiger partial charge is 0.326 e. The van der Waals surface area contributed by atoms with Crippen molar-refractivity contribution in [3.8, 4) is 0 Å². The molecular formula is C14H17ClN2S. The number of benzene rings is 1. The Balaban J connectivity index is 2.39. The van der Waals surface area contributed by atoms with E-state index in [-0.39, 0.29) is 0 Å². The van der Waals surface area contributed by atoms with Gasteiger partial charge in [-0.25, -0.2) is 4.98 Å². The average Bonchev–Trinajstić information content (AvgIpc) is 2.55. The third kappa shape index (κ3) is 2.73. The highest BCUT2D eigenvalue weighted by Crippen LogP contribution is 2.32. The smallest absolute Gasteiger partial charge is 0.106 e. The van der Waals surface area contributed by atoms with Crippen LogP contribution in [0.3, 0.4) is 0 Å². The lowest BCUT2D eigenvalue weighted by Crippen LogP contribution is -1.93. The van der Waals surface area contributed by atoms with Crippen LogP contribution < -0.4 is 0 Å². The highest BCUT2D eigenvalue weighted by atomic mass is 35.5. The molecule has 0 saturated heterocycles. The van der Waals surface area contributed by atoms with Crippen molar-refractivity contribution in [3.05, 3.63) is 40.8 Å². The van der Waals surface area contributed by atoms with Gasteiger partial charge in [0.2, 0.25) is 0 Å². The Morgan fingerprint density at radius 1 is 1.17 bits per heavy atom. The molecule has 0 bridgehead atoms. The van der Waals surface area contributed by atoms with Gasteiger partial charge in [-0.15, -0.1) is 11.6 Å². The monoisotopic (exact) mass is 280 g/mol. The fourth-order valence-corrected chi connectivity index (χ4v) is 3.46. The zero-order chi connectivity index (χ0) is 13.3. The summed E-state index contributed by atoms with van der Waals surface area (Å²) in [6, 6.07) is 6.57. The van der Waals surface area contributed by atoms with Crippen LogP contribution in [0.1, 0.15) is 22.6 Å². The Morgan fingerprint density at radius 3 is 2.33 bits per heavy atom. The van der Waals surface area contributed by atoms with Crippen LogP contribution in [0.2, 0.25) is 0 Å². The lowest BCUT2D eigenvalue weighted by atomic mass is 10.2. The van der Waals surface area contributed by atoms with Crippen LogP contribution >= 0.6 is 23.4 Å². The van der Waals surface area contributed by atoms with E-state index in [1.165, 1.54) is 16.0 Å². The molecule has 0 unspecified atom stereocenters. The summed E-state index contributed by atoms with van der Waals surface area (Å²) in [5.41, 5.74) is 3.52. The van der Waals surface area contributed by atoms with Gasteiger partial charge in [0, 0.05) is 11.9 Å². The first-order chi connectivity index (χ1) is 8.51. The maximum Gasteiger partial charge on any atom is 0.106 e. The minimum atomic E-state index is 0.453. The summed E-state index contributed by atoms with van der Waals surface area (Å²) in [7, 11) is 2.03. The van der Waals surface area contributed by atoms with Crippen LogP contribution in [0.5, 0.6) is 0 Å². The lowest BCUT2D eigenvalue weighted by molar-refractivity contribution is 0.781. The molecule has 18 heavy (non-hydrogen) atoms. The van der Waals surface area contributed by atoms with E-state index in [4.69, 9.17) is 11.6 Å². The molecule has 4 heteroatoms. The normalized spacial score (nSPS) is 10.9. The average molecular weight is 281 g/mol. The van der Waals surface area contributed by atoms with Gasteiger partial charge in [-0.05, 0) is 44.0 Å². The topological polar surface area (TPSA) is 17.8 Å². The molecule has 0 N–H and O–H groups in total. The van der Waals surface area contributed by atoms with E-state index in [1.54, 1.807) is 11.8 Å². The third-order valence-corrected chi connectivity index (χ3v) is 4.30. The van der Waals surface area contributed by atoms with E-state index < -0.39 is 0 Å². The maximum atomic E-state index is 5.96. The van der Waals surface area contributed by atoms with Crippen LogP contribution in [-0.4, -0.2) is 9.55 Å². The number of hydrogen-bond donors (Lipinski definition) is 0. The molecule has 0 amide bonds. The first kappa shape index (κ1) is 13.5. The van der Waals surface area contributed by atoms with E-state index >= 15 is 0 Å². The fraction of sp³-hybridized carbons (Fsp3) is 0.357. The number of hydrogen-bond acceptors (Lipinski definition) is 2. The molecule has 1 heterocycles. The first-order valence-corrected chi connectivity index (χ1v) is 7.20. The van der Waals surface area contributed by atoms with Crippen molar-refractivity contribution >= 4 is 23.4 Å². The fourth-order valence-electron chi connectivity index (χ4n) is 1.98. The number of aromatic nitrogens is 2. The minimum Gasteiger partial charge on any atom is -0.326 e. The first-order valence-electron chi connectivity index (χ1n) is 5.85. The molecule has 2 rings (SSSR count). The quantitative estimate of drug-likeness (QED) is 0.783. The van der Waals surface area contributed by atoms with E-state index in [0.717, 1.165) is 16.5 Å². The Kier molecular flexibility index (Phi) is 4.03. The van der Waals surface area contributed by atoms with E-state index in [1.807, 2.05) is 14.0 Å². The van der Waals surface area contributed by atoms with E-state index in [2.05, 4.69) is 41.6 Å². The van der Waals surface area contributed by atoms with Gasteiger partial charge < -0.3 is 4.57 Å². The lowest BCUT2D eigenvalue weighted by Gasteiger charge is -2.07. The Labute approximate surface area is 117 Å². The number of halogens is 1. The van der Waals surface area contributed by atoms with Gasteiger partial charge in [-0.3, -0.25) is 0 Å². The van der Waals surface area contributed by atoms with Crippen LogP contribution in [0.15, 0.2) is 28.1 Å². The van der Waals surface area contributed by atoms with Crippen molar-refractivity contribution in [3.63, 3.8) is 0 Å². The summed E-state index contributed by atoms with van der Waals surface area (Å²) in [5, 5.41) is 1.13. The summed E-state index contributed by atoms with van der Waals surface area (Å²) in [4.78, 5) is 5.72. The molecule has 1 aromatic heterocycles. The van der Waals surface area contributed by atoms with Gasteiger partial charge in [0.15, 0.2) is 0 Å². The van der Waals surface area contributed by atoms with Gasteiger partial charge in [0.05, 0.1) is 11.6 Å². The second-order valence-electron chi connectivity index (χ2n) is 4.53. The summed E-state index contributed by atoms with van der Waals surface area (Å²) in [6.45, 7) is 6.24. The predicted molar refractivity (Wildman–Crippen MR) is 77.5 cm³/mol. The Bertz CT molecular complexity index is 555. The Hall–Kier alpha value is -0.930. The number of nitrogens with zero attached hydrogens (tertiary/aromatic N) is 2. The molecule has 96 valence electrons. The second kappa shape index (κ2) is 5.37. The molecular weight excluding hydrogens is 264 g/mol. The van der Waals surface area contributed by atoms with Gasteiger partial charge >= 0.3 is 0 Å². The minimum absolute atomic E-state index is 0.453. The zero-order valence-electron chi connectivity index (χ0n) is 11.1. The van der Waals surface area contributed by atoms with E-state index in [0.29, 0.717) is 5.88 Å².